The van der Waals surface area contributed by atoms with Gasteiger partial charge in [0, 0.05) is 22.1 Å². The van der Waals surface area contributed by atoms with Gasteiger partial charge in [0.15, 0.2) is 0 Å². The lowest BCUT2D eigenvalue weighted by atomic mass is 9.81. The lowest BCUT2D eigenvalue weighted by molar-refractivity contribution is 0.659. The highest BCUT2D eigenvalue weighted by Gasteiger charge is 2.38. The number of nitrogens with two attached hydrogens (primary N) is 1. The van der Waals surface area contributed by atoms with Gasteiger partial charge in [-0.1, -0.05) is 173 Å². The lowest BCUT2D eigenvalue weighted by Gasteiger charge is -2.23. The van der Waals surface area contributed by atoms with E-state index in [1.54, 1.807) is 0 Å². The molecule has 0 radical (unpaired) electrons. The second kappa shape index (κ2) is 12.2. The average Bonchev–Trinajstić information content (AvgIpc) is 3.54. The summed E-state index contributed by atoms with van der Waals surface area (Å²) < 4.78 is 0. The smallest absolute Gasteiger partial charge is 0.101 e. The van der Waals surface area contributed by atoms with Gasteiger partial charge in [0.1, 0.15) is 6.17 Å². The molecule has 0 spiro atoms. The first kappa shape index (κ1) is 32.2. The summed E-state index contributed by atoms with van der Waals surface area (Å²) in [6, 6.07) is 55.4. The molecule has 2 nitrogen and oxygen atoms in total. The van der Waals surface area contributed by atoms with Crippen LogP contribution >= 0.6 is 0 Å². The highest BCUT2D eigenvalue weighted by Crippen LogP contribution is 2.54. The fraction of sp³-hybridized carbons (Fsp3) is 0.160. The Hall–Kier alpha value is -5.70. The summed E-state index contributed by atoms with van der Waals surface area (Å²) in [5, 5.41) is 6.33. The van der Waals surface area contributed by atoms with Gasteiger partial charge in [-0.2, -0.15) is 0 Å². The van der Waals surface area contributed by atoms with Crippen LogP contribution in [0.1, 0.15) is 72.8 Å². The van der Waals surface area contributed by atoms with Crippen LogP contribution in [0, 0.1) is 0 Å². The highest BCUT2D eigenvalue weighted by molar-refractivity contribution is 6.00. The van der Waals surface area contributed by atoms with Gasteiger partial charge >= 0.3 is 0 Å². The largest absolute Gasteiger partial charge is 0.366 e. The van der Waals surface area contributed by atoms with E-state index in [0.29, 0.717) is 0 Å². The van der Waals surface area contributed by atoms with Gasteiger partial charge in [-0.05, 0) is 96.1 Å². The number of benzene rings is 7. The van der Waals surface area contributed by atoms with Crippen molar-refractivity contribution in [2.45, 2.75) is 51.1 Å². The SMILES string of the molecule is CC1(C)c2ccccc2-c2ccc(C/C=C(\NC(N)c3ccccc3)c3ccccc3-c3cccc4c3-c3cc5ccccc5cc3C4(C)C)cc21. The minimum atomic E-state index is -0.374. The monoisotopic (exact) mass is 672 g/mol. The summed E-state index contributed by atoms with van der Waals surface area (Å²) in [5.74, 6) is 0. The van der Waals surface area contributed by atoms with Crippen molar-refractivity contribution in [3.8, 4) is 33.4 Å². The van der Waals surface area contributed by atoms with E-state index in [0.717, 1.165) is 23.2 Å². The fourth-order valence-corrected chi connectivity index (χ4v) is 8.91. The Morgan fingerprint density at radius 1 is 0.538 bits per heavy atom. The van der Waals surface area contributed by atoms with Gasteiger partial charge in [0.25, 0.3) is 0 Å². The molecule has 0 fully saturated rings. The number of hydrogen-bond donors (Lipinski definition) is 2. The van der Waals surface area contributed by atoms with E-state index < -0.39 is 0 Å². The van der Waals surface area contributed by atoms with Gasteiger partial charge in [-0.25, -0.2) is 0 Å². The molecule has 0 saturated carbocycles. The predicted molar refractivity (Wildman–Crippen MR) is 219 cm³/mol. The molecule has 7 aromatic rings. The van der Waals surface area contributed by atoms with E-state index in [1.165, 1.54) is 72.0 Å². The van der Waals surface area contributed by atoms with Gasteiger partial charge < -0.3 is 11.1 Å². The maximum Gasteiger partial charge on any atom is 0.101 e. The van der Waals surface area contributed by atoms with Crippen molar-refractivity contribution in [3.05, 3.63) is 197 Å². The van der Waals surface area contributed by atoms with Gasteiger partial charge in [0.2, 0.25) is 0 Å². The molecule has 1 unspecified atom stereocenters. The molecule has 2 aliphatic carbocycles. The maximum absolute atomic E-state index is 6.94. The Bertz CT molecular complexity index is 2540. The van der Waals surface area contributed by atoms with E-state index in [-0.39, 0.29) is 17.0 Å². The molecule has 7 aromatic carbocycles. The Balaban J connectivity index is 1.17. The summed E-state index contributed by atoms with van der Waals surface area (Å²) in [7, 11) is 0. The first-order valence-electron chi connectivity index (χ1n) is 18.5. The third-order valence-electron chi connectivity index (χ3n) is 11.7. The van der Waals surface area contributed by atoms with Crippen LogP contribution in [-0.2, 0) is 17.3 Å². The van der Waals surface area contributed by atoms with Crippen LogP contribution in [0.3, 0.4) is 0 Å². The van der Waals surface area contributed by atoms with Crippen LogP contribution in [0.25, 0.3) is 49.9 Å². The van der Waals surface area contributed by atoms with Crippen LogP contribution in [-0.4, -0.2) is 0 Å². The molecule has 0 heterocycles. The van der Waals surface area contributed by atoms with Gasteiger partial charge in [-0.15, -0.1) is 0 Å². The second-order valence-electron chi connectivity index (χ2n) is 15.5. The van der Waals surface area contributed by atoms with Crippen molar-refractivity contribution in [1.82, 2.24) is 5.32 Å². The van der Waals surface area contributed by atoms with Crippen LogP contribution < -0.4 is 11.1 Å². The fourth-order valence-electron chi connectivity index (χ4n) is 8.91. The number of nitrogens with one attached hydrogen (secondary N) is 1. The van der Waals surface area contributed by atoms with Crippen molar-refractivity contribution in [2.24, 2.45) is 5.73 Å². The molecule has 254 valence electrons. The highest BCUT2D eigenvalue weighted by atomic mass is 15.0. The molecule has 2 aliphatic rings. The summed E-state index contributed by atoms with van der Waals surface area (Å²) >= 11 is 0. The summed E-state index contributed by atoms with van der Waals surface area (Å²) in [4.78, 5) is 0. The molecule has 0 bridgehead atoms. The second-order valence-corrected chi connectivity index (χ2v) is 15.5. The number of allylic oxidation sites excluding steroid dienone is 1. The number of hydrogen-bond acceptors (Lipinski definition) is 2. The van der Waals surface area contributed by atoms with E-state index in [1.807, 2.05) is 6.07 Å². The standard InChI is InChI=1S/C50H44N2/c1-49(2)42-23-13-12-20-37(42)38-27-25-32(29-44(38)49)26-28-46(52-48(51)33-15-6-5-7-16-33)39-21-11-10-19-36(39)40-22-14-24-43-47(40)41-30-34-17-8-9-18-35(34)31-45(41)50(43,3)4/h5-25,27-31,48,52H,26,51H2,1-4H3/b46-28-. The summed E-state index contributed by atoms with van der Waals surface area (Å²) in [5.41, 5.74) is 24.6. The Labute approximate surface area is 307 Å². The van der Waals surface area contributed by atoms with Crippen LogP contribution in [0.4, 0.5) is 0 Å². The van der Waals surface area contributed by atoms with Crippen molar-refractivity contribution in [1.29, 1.82) is 0 Å². The lowest BCUT2D eigenvalue weighted by Crippen LogP contribution is -2.27. The molecule has 0 aliphatic heterocycles. The van der Waals surface area contributed by atoms with Crippen LogP contribution in [0.2, 0.25) is 0 Å². The third kappa shape index (κ3) is 5.13. The topological polar surface area (TPSA) is 38.0 Å². The zero-order chi connectivity index (χ0) is 35.6. The summed E-state index contributed by atoms with van der Waals surface area (Å²) in [6.45, 7) is 9.43. The third-order valence-corrected chi connectivity index (χ3v) is 11.7. The van der Waals surface area contributed by atoms with E-state index >= 15 is 0 Å². The van der Waals surface area contributed by atoms with E-state index in [4.69, 9.17) is 5.73 Å². The van der Waals surface area contributed by atoms with Gasteiger partial charge in [-0.3, -0.25) is 0 Å². The Morgan fingerprint density at radius 3 is 1.94 bits per heavy atom. The van der Waals surface area contributed by atoms with E-state index in [9.17, 15) is 0 Å². The molecule has 1 atom stereocenters. The van der Waals surface area contributed by atoms with Crippen molar-refractivity contribution < 1.29 is 0 Å². The molecule has 9 rings (SSSR count). The van der Waals surface area contributed by atoms with Crippen molar-refractivity contribution >= 4 is 16.5 Å². The number of fused-ring (bicyclic) bond motifs is 7. The van der Waals surface area contributed by atoms with Crippen molar-refractivity contribution in [2.75, 3.05) is 0 Å². The molecular weight excluding hydrogens is 629 g/mol. The quantitative estimate of drug-likeness (QED) is 0.165. The molecular formula is C50H44N2. The normalized spacial score (nSPS) is 15.4. The molecule has 3 N–H and O–H groups in total. The Morgan fingerprint density at radius 2 is 1.13 bits per heavy atom. The molecule has 52 heavy (non-hydrogen) atoms. The molecule has 0 saturated heterocycles. The molecule has 0 aromatic heterocycles. The minimum absolute atomic E-state index is 0.0436. The zero-order valence-electron chi connectivity index (χ0n) is 30.4. The van der Waals surface area contributed by atoms with Crippen molar-refractivity contribution in [3.63, 3.8) is 0 Å². The molecule has 2 heteroatoms. The van der Waals surface area contributed by atoms with Gasteiger partial charge in [0.05, 0.1) is 0 Å². The first-order chi connectivity index (χ1) is 25.2. The summed E-state index contributed by atoms with van der Waals surface area (Å²) in [6.07, 6.45) is 2.74. The minimum Gasteiger partial charge on any atom is -0.366 e. The average molecular weight is 673 g/mol. The van der Waals surface area contributed by atoms with E-state index in [2.05, 4.69) is 185 Å². The van der Waals surface area contributed by atoms with Crippen LogP contribution in [0.5, 0.6) is 0 Å². The Kier molecular flexibility index (Phi) is 7.57. The first-order valence-corrected chi connectivity index (χ1v) is 18.5. The predicted octanol–water partition coefficient (Wildman–Crippen LogP) is 12.0. The maximum atomic E-state index is 6.94. The zero-order valence-corrected chi connectivity index (χ0v) is 30.4. The van der Waals surface area contributed by atoms with Crippen LogP contribution in [0.15, 0.2) is 158 Å². The number of rotatable bonds is 7. The molecule has 0 amide bonds.